The Bertz CT molecular complexity index is 357. The number of hydrogen-bond donors (Lipinski definition) is 1. The van der Waals surface area contributed by atoms with Crippen molar-refractivity contribution in [2.45, 2.75) is 39.3 Å². The summed E-state index contributed by atoms with van der Waals surface area (Å²) in [4.78, 5) is 0. The summed E-state index contributed by atoms with van der Waals surface area (Å²) >= 11 is 0. The lowest BCUT2D eigenvalue weighted by Crippen LogP contribution is -2.29. The van der Waals surface area contributed by atoms with E-state index >= 15 is 0 Å². The Hall–Kier alpha value is -1.20. The van der Waals surface area contributed by atoms with Crippen LogP contribution in [-0.2, 0) is 11.2 Å². The molecule has 0 saturated heterocycles. The lowest BCUT2D eigenvalue weighted by molar-refractivity contribution is -0.0498. The van der Waals surface area contributed by atoms with Gasteiger partial charge in [0, 0.05) is 19.2 Å². The van der Waals surface area contributed by atoms with E-state index < -0.39 is 6.61 Å². The van der Waals surface area contributed by atoms with Gasteiger partial charge in [0.25, 0.3) is 0 Å². The van der Waals surface area contributed by atoms with Gasteiger partial charge in [-0.3, -0.25) is 0 Å². The fraction of sp³-hybridized carbons (Fsp3) is 0.600. The zero-order valence-electron chi connectivity index (χ0n) is 12.1. The molecule has 0 spiro atoms. The summed E-state index contributed by atoms with van der Waals surface area (Å²) in [6.45, 7) is 3.64. The zero-order valence-corrected chi connectivity index (χ0v) is 12.1. The van der Waals surface area contributed by atoms with Gasteiger partial charge in [-0.25, -0.2) is 0 Å². The molecular formula is C15H23F2NO2. The molecule has 0 fully saturated rings. The van der Waals surface area contributed by atoms with Crippen molar-refractivity contribution in [3.8, 4) is 5.75 Å². The van der Waals surface area contributed by atoms with E-state index in [2.05, 4.69) is 17.0 Å². The molecule has 0 saturated carbocycles. The van der Waals surface area contributed by atoms with Crippen LogP contribution in [0.2, 0.25) is 0 Å². The van der Waals surface area contributed by atoms with E-state index in [1.54, 1.807) is 12.1 Å². The number of aryl methyl sites for hydroxylation is 1. The smallest absolute Gasteiger partial charge is 0.387 e. The number of hydrogen-bond acceptors (Lipinski definition) is 3. The van der Waals surface area contributed by atoms with Crippen molar-refractivity contribution < 1.29 is 18.3 Å². The lowest BCUT2D eigenvalue weighted by Gasteiger charge is -2.13. The maximum atomic E-state index is 12.0. The molecule has 0 aromatic heterocycles. The van der Waals surface area contributed by atoms with Crippen molar-refractivity contribution in [3.63, 3.8) is 0 Å². The standard InChI is InChI=1S/C15H23F2NO2/c1-3-19-11-10-18-12(2)4-5-13-6-8-14(9-7-13)20-15(16)17/h6-9,12,15,18H,3-5,10-11H2,1-2H3. The third kappa shape index (κ3) is 7.40. The summed E-state index contributed by atoms with van der Waals surface area (Å²) in [5, 5.41) is 3.38. The van der Waals surface area contributed by atoms with Crippen LogP contribution in [0.15, 0.2) is 24.3 Å². The summed E-state index contributed by atoms with van der Waals surface area (Å²) in [6, 6.07) is 7.20. The number of benzene rings is 1. The normalized spacial score (nSPS) is 12.7. The predicted molar refractivity (Wildman–Crippen MR) is 75.4 cm³/mol. The highest BCUT2D eigenvalue weighted by molar-refractivity contribution is 5.27. The van der Waals surface area contributed by atoms with E-state index in [1.165, 1.54) is 0 Å². The fourth-order valence-corrected chi connectivity index (χ4v) is 1.84. The van der Waals surface area contributed by atoms with Crippen LogP contribution >= 0.6 is 0 Å². The second kappa shape index (κ2) is 9.66. The van der Waals surface area contributed by atoms with Crippen LogP contribution < -0.4 is 10.1 Å². The summed E-state index contributed by atoms with van der Waals surface area (Å²) in [6.07, 6.45) is 1.89. The van der Waals surface area contributed by atoms with Crippen LogP contribution in [0, 0.1) is 0 Å². The van der Waals surface area contributed by atoms with Crippen molar-refractivity contribution in [3.05, 3.63) is 29.8 Å². The number of alkyl halides is 2. The number of halogens is 2. The maximum Gasteiger partial charge on any atom is 0.387 e. The molecule has 0 heterocycles. The molecule has 1 unspecified atom stereocenters. The highest BCUT2D eigenvalue weighted by Gasteiger charge is 2.05. The van der Waals surface area contributed by atoms with E-state index in [4.69, 9.17) is 4.74 Å². The molecule has 5 heteroatoms. The Morgan fingerprint density at radius 2 is 1.90 bits per heavy atom. The van der Waals surface area contributed by atoms with Crippen LogP contribution in [0.25, 0.3) is 0 Å². The van der Waals surface area contributed by atoms with E-state index in [-0.39, 0.29) is 5.75 Å². The molecule has 1 rings (SSSR count). The predicted octanol–water partition coefficient (Wildman–Crippen LogP) is 3.24. The quantitative estimate of drug-likeness (QED) is 0.670. The van der Waals surface area contributed by atoms with Gasteiger partial charge in [-0.1, -0.05) is 12.1 Å². The Balaban J connectivity index is 2.23. The first-order chi connectivity index (χ1) is 9.61. The van der Waals surface area contributed by atoms with Gasteiger partial charge >= 0.3 is 6.61 Å². The lowest BCUT2D eigenvalue weighted by atomic mass is 10.1. The topological polar surface area (TPSA) is 30.5 Å². The molecule has 0 aliphatic carbocycles. The van der Waals surface area contributed by atoms with Gasteiger partial charge in [0.1, 0.15) is 5.75 Å². The third-order valence-corrected chi connectivity index (χ3v) is 2.96. The summed E-state index contributed by atoms with van der Waals surface area (Å²) in [5.74, 6) is 0.201. The fourth-order valence-electron chi connectivity index (χ4n) is 1.84. The van der Waals surface area contributed by atoms with Crippen LogP contribution in [0.3, 0.4) is 0 Å². The van der Waals surface area contributed by atoms with Crippen LogP contribution in [0.5, 0.6) is 5.75 Å². The van der Waals surface area contributed by atoms with Crippen LogP contribution in [0.4, 0.5) is 8.78 Å². The minimum Gasteiger partial charge on any atom is -0.435 e. The first-order valence-electron chi connectivity index (χ1n) is 6.96. The molecule has 1 aromatic carbocycles. The van der Waals surface area contributed by atoms with Gasteiger partial charge in [-0.15, -0.1) is 0 Å². The number of nitrogens with one attached hydrogen (secondary N) is 1. The van der Waals surface area contributed by atoms with Crippen LogP contribution in [-0.4, -0.2) is 32.4 Å². The van der Waals surface area contributed by atoms with E-state index in [9.17, 15) is 8.78 Å². The highest BCUT2D eigenvalue weighted by Crippen LogP contribution is 2.16. The minimum absolute atomic E-state index is 0.201. The van der Waals surface area contributed by atoms with E-state index in [1.807, 2.05) is 19.1 Å². The molecule has 0 aliphatic heterocycles. The van der Waals surface area contributed by atoms with Gasteiger partial charge < -0.3 is 14.8 Å². The summed E-state index contributed by atoms with van der Waals surface area (Å²) in [5.41, 5.74) is 1.12. The van der Waals surface area contributed by atoms with Gasteiger partial charge in [0.05, 0.1) is 6.61 Å². The average Bonchev–Trinajstić information content (AvgIpc) is 2.42. The monoisotopic (exact) mass is 287 g/mol. The molecule has 114 valence electrons. The van der Waals surface area contributed by atoms with Crippen molar-refractivity contribution in [1.82, 2.24) is 5.32 Å². The zero-order chi connectivity index (χ0) is 14.8. The molecule has 1 N–H and O–H groups in total. The first-order valence-corrected chi connectivity index (χ1v) is 6.96. The van der Waals surface area contributed by atoms with Gasteiger partial charge in [-0.05, 0) is 44.4 Å². The molecule has 1 atom stereocenters. The van der Waals surface area contributed by atoms with Crippen molar-refractivity contribution in [2.24, 2.45) is 0 Å². The van der Waals surface area contributed by atoms with Gasteiger partial charge in [0.2, 0.25) is 0 Å². The average molecular weight is 287 g/mol. The minimum atomic E-state index is -2.77. The second-order valence-electron chi connectivity index (χ2n) is 4.61. The Kier molecular flexibility index (Phi) is 8.14. The molecule has 0 bridgehead atoms. The van der Waals surface area contributed by atoms with Crippen molar-refractivity contribution in [1.29, 1.82) is 0 Å². The molecule has 0 radical (unpaired) electrons. The van der Waals surface area contributed by atoms with Crippen molar-refractivity contribution >= 4 is 0 Å². The number of rotatable bonds is 10. The molecule has 3 nitrogen and oxygen atoms in total. The number of ether oxygens (including phenoxy) is 2. The van der Waals surface area contributed by atoms with E-state index in [0.29, 0.717) is 6.04 Å². The third-order valence-electron chi connectivity index (χ3n) is 2.96. The first kappa shape index (κ1) is 16.9. The van der Waals surface area contributed by atoms with Crippen LogP contribution in [0.1, 0.15) is 25.8 Å². The largest absolute Gasteiger partial charge is 0.435 e. The SMILES string of the molecule is CCOCCNC(C)CCc1ccc(OC(F)F)cc1. The van der Waals surface area contributed by atoms with Gasteiger partial charge in [0.15, 0.2) is 0 Å². The molecule has 0 amide bonds. The highest BCUT2D eigenvalue weighted by atomic mass is 19.3. The molecule has 1 aromatic rings. The second-order valence-corrected chi connectivity index (χ2v) is 4.61. The summed E-state index contributed by atoms with van der Waals surface area (Å²) in [7, 11) is 0. The Labute approximate surface area is 119 Å². The summed E-state index contributed by atoms with van der Waals surface area (Å²) < 4.78 is 33.6. The molecular weight excluding hydrogens is 264 g/mol. The maximum absolute atomic E-state index is 12.0. The molecule has 20 heavy (non-hydrogen) atoms. The molecule has 0 aliphatic rings. The van der Waals surface area contributed by atoms with E-state index in [0.717, 1.165) is 38.2 Å². The Morgan fingerprint density at radius 3 is 2.50 bits per heavy atom. The van der Waals surface area contributed by atoms with Crippen molar-refractivity contribution in [2.75, 3.05) is 19.8 Å². The Morgan fingerprint density at radius 1 is 1.20 bits per heavy atom. The van der Waals surface area contributed by atoms with Gasteiger partial charge in [-0.2, -0.15) is 8.78 Å².